The number of hydrogen-bond acceptors (Lipinski definition) is 2. The maximum absolute atomic E-state index is 6.01. The lowest BCUT2D eigenvalue weighted by atomic mass is 9.98. The third kappa shape index (κ3) is 3.53. The van der Waals surface area contributed by atoms with Gasteiger partial charge in [0.1, 0.15) is 11.9 Å². The molecule has 2 aromatic rings. The average Bonchev–Trinajstić information content (AvgIpc) is 2.41. The van der Waals surface area contributed by atoms with Crippen LogP contribution >= 0.6 is 11.6 Å². The molecule has 0 aliphatic heterocycles. The van der Waals surface area contributed by atoms with Crippen LogP contribution in [0.25, 0.3) is 0 Å². The number of ether oxygens (including phenoxy) is 1. The summed E-state index contributed by atoms with van der Waals surface area (Å²) in [5.74, 6) is 0.791. The van der Waals surface area contributed by atoms with E-state index < -0.39 is 0 Å². The predicted octanol–water partition coefficient (Wildman–Crippen LogP) is 4.38. The highest BCUT2D eigenvalue weighted by atomic mass is 35.5. The predicted molar refractivity (Wildman–Crippen MR) is 84.5 cm³/mol. The highest BCUT2D eigenvalue weighted by Gasteiger charge is 2.20. The molecule has 0 aliphatic rings. The van der Waals surface area contributed by atoms with Gasteiger partial charge in [-0.3, -0.25) is 0 Å². The van der Waals surface area contributed by atoms with E-state index in [2.05, 4.69) is 37.4 Å². The summed E-state index contributed by atoms with van der Waals surface area (Å²) in [7, 11) is 1.95. The van der Waals surface area contributed by atoms with Crippen LogP contribution in [0.1, 0.15) is 24.1 Å². The third-order valence-corrected chi connectivity index (χ3v) is 3.66. The van der Waals surface area contributed by atoms with Crippen molar-refractivity contribution in [3.05, 3.63) is 64.7 Å². The van der Waals surface area contributed by atoms with Crippen LogP contribution in [0.4, 0.5) is 0 Å². The Hall–Kier alpha value is -1.51. The standard InChI is InChI=1S/C17H20ClNO/c1-12-7-4-5-10-16(12)17(19-3)13(2)20-15-9-6-8-14(18)11-15/h4-11,13,17,19H,1-3H3. The van der Waals surface area contributed by atoms with Crippen molar-refractivity contribution in [2.45, 2.75) is 26.0 Å². The molecule has 2 atom stereocenters. The average molecular weight is 290 g/mol. The fourth-order valence-corrected chi connectivity index (χ4v) is 2.58. The lowest BCUT2D eigenvalue weighted by Gasteiger charge is -2.26. The van der Waals surface area contributed by atoms with Gasteiger partial charge in [-0.15, -0.1) is 0 Å². The SMILES string of the molecule is CNC(c1ccccc1C)C(C)Oc1cccc(Cl)c1. The number of benzene rings is 2. The Balaban J connectivity index is 2.18. The van der Waals surface area contributed by atoms with Crippen LogP contribution in [0.5, 0.6) is 5.75 Å². The van der Waals surface area contributed by atoms with Crippen LogP contribution < -0.4 is 10.1 Å². The minimum atomic E-state index is -0.000401. The van der Waals surface area contributed by atoms with Gasteiger partial charge < -0.3 is 10.1 Å². The van der Waals surface area contributed by atoms with Gasteiger partial charge in [0, 0.05) is 5.02 Å². The van der Waals surface area contributed by atoms with Crippen LogP contribution in [-0.2, 0) is 0 Å². The van der Waals surface area contributed by atoms with E-state index in [1.807, 2.05) is 37.4 Å². The van der Waals surface area contributed by atoms with Crippen molar-refractivity contribution < 1.29 is 4.74 Å². The number of likely N-dealkylation sites (N-methyl/N-ethyl adjacent to an activating group) is 1. The molecule has 20 heavy (non-hydrogen) atoms. The van der Waals surface area contributed by atoms with Crippen molar-refractivity contribution in [3.8, 4) is 5.75 Å². The lowest BCUT2D eigenvalue weighted by Crippen LogP contribution is -2.32. The maximum atomic E-state index is 6.01. The van der Waals surface area contributed by atoms with Crippen molar-refractivity contribution in [1.29, 1.82) is 0 Å². The summed E-state index contributed by atoms with van der Waals surface area (Å²) < 4.78 is 6.01. The summed E-state index contributed by atoms with van der Waals surface area (Å²) in [5, 5.41) is 4.02. The van der Waals surface area contributed by atoms with E-state index in [9.17, 15) is 0 Å². The van der Waals surface area contributed by atoms with Gasteiger partial charge in [-0.25, -0.2) is 0 Å². The topological polar surface area (TPSA) is 21.3 Å². The summed E-state index contributed by atoms with van der Waals surface area (Å²) in [5.41, 5.74) is 2.51. The zero-order valence-electron chi connectivity index (χ0n) is 12.1. The molecule has 0 saturated heterocycles. The second kappa shape index (κ2) is 6.78. The molecular weight excluding hydrogens is 270 g/mol. The Morgan fingerprint density at radius 1 is 1.10 bits per heavy atom. The molecule has 1 N–H and O–H groups in total. The second-order valence-corrected chi connectivity index (χ2v) is 5.34. The molecule has 0 heterocycles. The molecule has 2 aromatic carbocycles. The van der Waals surface area contributed by atoms with Gasteiger partial charge in [-0.2, -0.15) is 0 Å². The fraction of sp³-hybridized carbons (Fsp3) is 0.294. The Morgan fingerprint density at radius 3 is 2.50 bits per heavy atom. The Morgan fingerprint density at radius 2 is 1.85 bits per heavy atom. The first-order valence-corrected chi connectivity index (χ1v) is 7.14. The number of aryl methyl sites for hydroxylation is 1. The fourth-order valence-electron chi connectivity index (χ4n) is 2.40. The summed E-state index contributed by atoms with van der Waals surface area (Å²) in [4.78, 5) is 0. The van der Waals surface area contributed by atoms with Crippen LogP contribution in [0.15, 0.2) is 48.5 Å². The van der Waals surface area contributed by atoms with E-state index in [-0.39, 0.29) is 12.1 Å². The van der Waals surface area contributed by atoms with E-state index in [4.69, 9.17) is 16.3 Å². The van der Waals surface area contributed by atoms with E-state index in [1.165, 1.54) is 11.1 Å². The molecule has 0 aromatic heterocycles. The molecule has 106 valence electrons. The van der Waals surface area contributed by atoms with Gasteiger partial charge in [0.2, 0.25) is 0 Å². The molecule has 0 amide bonds. The Kier molecular flexibility index (Phi) is 5.05. The molecule has 0 saturated carbocycles. The number of hydrogen-bond donors (Lipinski definition) is 1. The first kappa shape index (κ1) is 14.9. The van der Waals surface area contributed by atoms with Crippen LogP contribution in [0.2, 0.25) is 5.02 Å². The largest absolute Gasteiger partial charge is 0.489 e. The van der Waals surface area contributed by atoms with E-state index in [1.54, 1.807) is 0 Å². The van der Waals surface area contributed by atoms with Crippen molar-refractivity contribution in [2.24, 2.45) is 0 Å². The second-order valence-electron chi connectivity index (χ2n) is 4.90. The molecule has 0 bridgehead atoms. The minimum Gasteiger partial charge on any atom is -0.489 e. The molecule has 0 aliphatic carbocycles. The van der Waals surface area contributed by atoms with Gasteiger partial charge >= 0.3 is 0 Å². The maximum Gasteiger partial charge on any atom is 0.121 e. The summed E-state index contributed by atoms with van der Waals surface area (Å²) in [6.07, 6.45) is -0.000401. The Labute approximate surface area is 125 Å². The summed E-state index contributed by atoms with van der Waals surface area (Å²) in [6.45, 7) is 4.18. The van der Waals surface area contributed by atoms with Crippen LogP contribution in [0, 0.1) is 6.92 Å². The zero-order chi connectivity index (χ0) is 14.5. The minimum absolute atomic E-state index is 0.000401. The van der Waals surface area contributed by atoms with Crippen LogP contribution in [-0.4, -0.2) is 13.2 Å². The molecular formula is C17H20ClNO. The highest BCUT2D eigenvalue weighted by Crippen LogP contribution is 2.25. The molecule has 0 fully saturated rings. The smallest absolute Gasteiger partial charge is 0.121 e. The van der Waals surface area contributed by atoms with Crippen molar-refractivity contribution in [3.63, 3.8) is 0 Å². The molecule has 0 radical (unpaired) electrons. The molecule has 3 heteroatoms. The quantitative estimate of drug-likeness (QED) is 0.882. The molecule has 2 nitrogen and oxygen atoms in total. The van der Waals surface area contributed by atoms with Crippen LogP contribution in [0.3, 0.4) is 0 Å². The molecule has 2 unspecified atom stereocenters. The molecule has 0 spiro atoms. The first-order chi connectivity index (χ1) is 9.61. The van der Waals surface area contributed by atoms with E-state index in [0.717, 1.165) is 5.75 Å². The third-order valence-electron chi connectivity index (χ3n) is 3.42. The van der Waals surface area contributed by atoms with Gasteiger partial charge in [-0.05, 0) is 50.2 Å². The zero-order valence-corrected chi connectivity index (χ0v) is 12.8. The summed E-state index contributed by atoms with van der Waals surface area (Å²) in [6, 6.07) is 16.0. The van der Waals surface area contributed by atoms with E-state index in [0.29, 0.717) is 5.02 Å². The van der Waals surface area contributed by atoms with Crippen molar-refractivity contribution >= 4 is 11.6 Å². The summed E-state index contributed by atoms with van der Waals surface area (Å²) >= 11 is 5.99. The molecule has 2 rings (SSSR count). The lowest BCUT2D eigenvalue weighted by molar-refractivity contribution is 0.175. The number of rotatable bonds is 5. The Bertz CT molecular complexity index is 570. The number of nitrogens with one attached hydrogen (secondary N) is 1. The number of halogens is 1. The normalized spacial score (nSPS) is 13.8. The van der Waals surface area contributed by atoms with Gasteiger partial charge in [0.05, 0.1) is 6.04 Å². The first-order valence-electron chi connectivity index (χ1n) is 6.77. The van der Waals surface area contributed by atoms with Gasteiger partial charge in [0.15, 0.2) is 0 Å². The van der Waals surface area contributed by atoms with Crippen molar-refractivity contribution in [1.82, 2.24) is 5.32 Å². The highest BCUT2D eigenvalue weighted by molar-refractivity contribution is 6.30. The van der Waals surface area contributed by atoms with Crippen molar-refractivity contribution in [2.75, 3.05) is 7.05 Å². The van der Waals surface area contributed by atoms with Gasteiger partial charge in [-0.1, -0.05) is 41.9 Å². The van der Waals surface area contributed by atoms with E-state index >= 15 is 0 Å². The monoisotopic (exact) mass is 289 g/mol. The van der Waals surface area contributed by atoms with Gasteiger partial charge in [0.25, 0.3) is 0 Å².